The van der Waals surface area contributed by atoms with Crippen molar-refractivity contribution < 1.29 is 14.1 Å². The summed E-state index contributed by atoms with van der Waals surface area (Å²) in [6.07, 6.45) is 0.857. The van der Waals surface area contributed by atoms with Crippen molar-refractivity contribution in [2.75, 3.05) is 13.1 Å². The molecule has 6 nitrogen and oxygen atoms in total. The molecule has 0 radical (unpaired) electrons. The molecule has 0 unspecified atom stereocenters. The van der Waals surface area contributed by atoms with E-state index in [-0.39, 0.29) is 12.5 Å². The van der Waals surface area contributed by atoms with Crippen LogP contribution in [0.4, 0.5) is 0 Å². The monoisotopic (exact) mass is 405 g/mol. The smallest absolute Gasteiger partial charge is 0.273 e. The number of benzene rings is 2. The summed E-state index contributed by atoms with van der Waals surface area (Å²) < 4.78 is 11.2. The van der Waals surface area contributed by atoms with Crippen molar-refractivity contribution in [1.82, 2.24) is 15.4 Å². The van der Waals surface area contributed by atoms with Crippen molar-refractivity contribution in [2.45, 2.75) is 39.5 Å². The Kier molecular flexibility index (Phi) is 6.14. The molecule has 2 aromatic carbocycles. The van der Waals surface area contributed by atoms with E-state index in [0.29, 0.717) is 29.6 Å². The van der Waals surface area contributed by atoms with E-state index >= 15 is 0 Å². The summed E-state index contributed by atoms with van der Waals surface area (Å²) in [7, 11) is 0. The van der Waals surface area contributed by atoms with E-state index in [1.54, 1.807) is 0 Å². The maximum absolute atomic E-state index is 12.7. The van der Waals surface area contributed by atoms with Gasteiger partial charge in [0.15, 0.2) is 11.5 Å². The van der Waals surface area contributed by atoms with Crippen LogP contribution in [0.2, 0.25) is 0 Å². The average Bonchev–Trinajstić information content (AvgIpc) is 3.21. The Balaban J connectivity index is 1.32. The van der Waals surface area contributed by atoms with Gasteiger partial charge < -0.3 is 14.6 Å². The zero-order valence-corrected chi connectivity index (χ0v) is 17.4. The van der Waals surface area contributed by atoms with Gasteiger partial charge in [-0.25, -0.2) is 0 Å². The van der Waals surface area contributed by atoms with Crippen molar-refractivity contribution in [3.8, 4) is 17.1 Å². The van der Waals surface area contributed by atoms with Gasteiger partial charge >= 0.3 is 0 Å². The zero-order valence-electron chi connectivity index (χ0n) is 17.4. The van der Waals surface area contributed by atoms with Crippen LogP contribution < -0.4 is 10.1 Å². The summed E-state index contributed by atoms with van der Waals surface area (Å²) in [5, 5.41) is 6.99. The van der Waals surface area contributed by atoms with Crippen LogP contribution in [0.3, 0.4) is 0 Å². The third-order valence-electron chi connectivity index (χ3n) is 5.37. The third kappa shape index (κ3) is 4.39. The van der Waals surface area contributed by atoms with Crippen LogP contribution in [0.25, 0.3) is 11.3 Å². The maximum Gasteiger partial charge on any atom is 0.273 e. The van der Waals surface area contributed by atoms with E-state index in [1.165, 1.54) is 5.56 Å². The van der Waals surface area contributed by atoms with Crippen molar-refractivity contribution in [3.05, 3.63) is 71.4 Å². The molecular weight excluding hydrogens is 378 g/mol. The second-order valence-corrected chi connectivity index (χ2v) is 7.78. The zero-order chi connectivity index (χ0) is 20.9. The molecule has 0 spiro atoms. The Morgan fingerprint density at radius 1 is 1.13 bits per heavy atom. The van der Waals surface area contributed by atoms with Crippen molar-refractivity contribution in [1.29, 1.82) is 0 Å². The molecule has 1 aliphatic heterocycles. The fraction of sp³-hybridized carbons (Fsp3) is 0.333. The van der Waals surface area contributed by atoms with Crippen LogP contribution in [-0.4, -0.2) is 35.1 Å². The Labute approximate surface area is 176 Å². The molecular formula is C24H27N3O3. The molecule has 2 heterocycles. The molecule has 0 atom stereocenters. The van der Waals surface area contributed by atoms with Crippen molar-refractivity contribution in [3.63, 3.8) is 0 Å². The van der Waals surface area contributed by atoms with Gasteiger partial charge in [0.05, 0.1) is 11.1 Å². The molecule has 156 valence electrons. The first-order valence-corrected chi connectivity index (χ1v) is 10.4. The predicted octanol–water partition coefficient (Wildman–Crippen LogP) is 4.26. The average molecular weight is 405 g/mol. The first-order chi connectivity index (χ1) is 14.6. The number of hydrogen-bond acceptors (Lipinski definition) is 5. The van der Waals surface area contributed by atoms with E-state index in [1.807, 2.05) is 30.3 Å². The van der Waals surface area contributed by atoms with Crippen molar-refractivity contribution in [2.24, 2.45) is 0 Å². The molecule has 0 bridgehead atoms. The highest BCUT2D eigenvalue weighted by molar-refractivity contribution is 5.95. The Morgan fingerprint density at radius 3 is 2.70 bits per heavy atom. The van der Waals surface area contributed by atoms with E-state index in [4.69, 9.17) is 9.26 Å². The number of aromatic nitrogens is 1. The van der Waals surface area contributed by atoms with Crippen LogP contribution in [0.5, 0.6) is 5.75 Å². The number of para-hydroxylation sites is 1. The van der Waals surface area contributed by atoms with Gasteiger partial charge in [0.2, 0.25) is 0 Å². The number of carbonyl (C=O) groups excluding carboxylic acids is 1. The lowest BCUT2D eigenvalue weighted by Crippen LogP contribution is -2.34. The van der Waals surface area contributed by atoms with Crippen molar-refractivity contribution >= 4 is 5.91 Å². The second-order valence-electron chi connectivity index (χ2n) is 7.78. The largest absolute Gasteiger partial charge is 0.488 e. The highest BCUT2D eigenvalue weighted by atomic mass is 16.5. The number of fused-ring (bicyclic) bond motifs is 3. The summed E-state index contributed by atoms with van der Waals surface area (Å²) in [5.41, 5.74) is 3.15. The highest BCUT2D eigenvalue weighted by Crippen LogP contribution is 2.38. The number of nitrogens with one attached hydrogen (secondary N) is 1. The maximum atomic E-state index is 12.7. The van der Waals surface area contributed by atoms with E-state index < -0.39 is 0 Å². The minimum atomic E-state index is -0.220. The Morgan fingerprint density at radius 2 is 1.90 bits per heavy atom. The first-order valence-electron chi connectivity index (χ1n) is 10.4. The lowest BCUT2D eigenvalue weighted by atomic mass is 10.0. The topological polar surface area (TPSA) is 67.6 Å². The predicted molar refractivity (Wildman–Crippen MR) is 115 cm³/mol. The van der Waals surface area contributed by atoms with Gasteiger partial charge in [-0.2, -0.15) is 0 Å². The molecule has 4 rings (SSSR count). The summed E-state index contributed by atoms with van der Waals surface area (Å²) in [4.78, 5) is 15.1. The fourth-order valence-electron chi connectivity index (χ4n) is 3.67. The lowest BCUT2D eigenvalue weighted by molar-refractivity contribution is 0.0939. The van der Waals surface area contributed by atoms with E-state index in [2.05, 4.69) is 53.5 Å². The van der Waals surface area contributed by atoms with E-state index in [9.17, 15) is 4.79 Å². The Bertz CT molecular complexity index is 998. The van der Waals surface area contributed by atoms with Crippen LogP contribution in [0.15, 0.2) is 59.1 Å². The number of rotatable bonds is 8. The number of carbonyl (C=O) groups is 1. The second kappa shape index (κ2) is 9.13. The summed E-state index contributed by atoms with van der Waals surface area (Å²) >= 11 is 0. The molecule has 0 saturated carbocycles. The molecule has 1 aliphatic rings. The highest BCUT2D eigenvalue weighted by Gasteiger charge is 2.28. The molecule has 0 aliphatic carbocycles. The molecule has 1 amide bonds. The van der Waals surface area contributed by atoms with Crippen LogP contribution in [-0.2, 0) is 13.2 Å². The molecule has 0 saturated heterocycles. The van der Waals surface area contributed by atoms with Gasteiger partial charge in [-0.15, -0.1) is 0 Å². The molecule has 6 heteroatoms. The van der Waals surface area contributed by atoms with Crippen LogP contribution >= 0.6 is 0 Å². The van der Waals surface area contributed by atoms with Gasteiger partial charge in [-0.3, -0.25) is 9.69 Å². The molecule has 1 N–H and O–H groups in total. The summed E-state index contributed by atoms with van der Waals surface area (Å²) in [6, 6.07) is 18.5. The van der Waals surface area contributed by atoms with Gasteiger partial charge in [0.25, 0.3) is 5.91 Å². The molecule has 30 heavy (non-hydrogen) atoms. The van der Waals surface area contributed by atoms with Crippen LogP contribution in [0.1, 0.15) is 41.9 Å². The number of amides is 1. The summed E-state index contributed by atoms with van der Waals surface area (Å²) in [6.45, 7) is 7.06. The normalized spacial score (nSPS) is 12.4. The summed E-state index contributed by atoms with van der Waals surface area (Å²) in [5.74, 6) is 1.15. The standard InChI is InChI=1S/C24H27N3O3/c1-17(2)27(15-18-9-4-3-5-10-18)14-8-13-25-24(28)22-20-16-29-21-12-7-6-11-19(21)23(20)30-26-22/h3-7,9-12,17H,8,13-16H2,1-2H3,(H,25,28). The fourth-order valence-corrected chi connectivity index (χ4v) is 3.67. The third-order valence-corrected chi connectivity index (χ3v) is 5.37. The first kappa shape index (κ1) is 20.2. The van der Waals surface area contributed by atoms with E-state index in [0.717, 1.165) is 30.8 Å². The van der Waals surface area contributed by atoms with Crippen LogP contribution in [0, 0.1) is 0 Å². The number of hydrogen-bond donors (Lipinski definition) is 1. The lowest BCUT2D eigenvalue weighted by Gasteiger charge is -2.26. The molecule has 0 fully saturated rings. The number of nitrogens with zero attached hydrogens (tertiary/aromatic N) is 2. The molecule has 1 aromatic heterocycles. The minimum absolute atomic E-state index is 0.220. The minimum Gasteiger partial charge on any atom is -0.488 e. The quantitative estimate of drug-likeness (QED) is 0.567. The van der Waals surface area contributed by atoms with Gasteiger partial charge in [0.1, 0.15) is 12.4 Å². The van der Waals surface area contributed by atoms with Gasteiger partial charge in [-0.05, 0) is 38.0 Å². The number of ether oxygens (including phenoxy) is 1. The SMILES string of the molecule is CC(C)N(CCCNC(=O)c1noc2c1COc1ccccc1-2)Cc1ccccc1. The van der Waals surface area contributed by atoms with Gasteiger partial charge in [0, 0.05) is 25.7 Å². The Hall–Kier alpha value is -3.12. The molecule has 3 aromatic rings. The van der Waals surface area contributed by atoms with Gasteiger partial charge in [-0.1, -0.05) is 47.6 Å².